The number of aromatic nitrogens is 2. The van der Waals surface area contributed by atoms with Crippen molar-refractivity contribution in [1.29, 1.82) is 0 Å². The smallest absolute Gasteiger partial charge is 0.266 e. The lowest BCUT2D eigenvalue weighted by Crippen LogP contribution is -2.30. The normalized spacial score (nSPS) is 14.6. The number of rotatable bonds is 9. The highest BCUT2D eigenvalue weighted by Gasteiger charge is 2.32. The van der Waals surface area contributed by atoms with Crippen LogP contribution in [0.1, 0.15) is 24.5 Å². The molecule has 0 saturated carbocycles. The van der Waals surface area contributed by atoms with E-state index in [1.807, 2.05) is 77.2 Å². The Labute approximate surface area is 231 Å². The topological polar surface area (TPSA) is 38.1 Å². The van der Waals surface area contributed by atoms with Crippen LogP contribution in [0.3, 0.4) is 0 Å². The lowest BCUT2D eigenvalue weighted by Gasteiger charge is -2.14. The Hall–Kier alpha value is -3.13. The van der Waals surface area contributed by atoms with Crippen LogP contribution in [-0.2, 0) is 11.2 Å². The van der Waals surface area contributed by atoms with Gasteiger partial charge in [-0.05, 0) is 54.5 Å². The fraction of sp³-hybridized carbons (Fsp3) is 0.167. The van der Waals surface area contributed by atoms with E-state index in [2.05, 4.69) is 43.3 Å². The highest BCUT2D eigenvalue weighted by molar-refractivity contribution is 8.26. The van der Waals surface area contributed by atoms with Crippen molar-refractivity contribution in [2.24, 2.45) is 0 Å². The molecule has 4 nitrogen and oxygen atoms in total. The van der Waals surface area contributed by atoms with Crippen LogP contribution in [0.15, 0.2) is 101 Å². The molecule has 186 valence electrons. The molecule has 1 fully saturated rings. The van der Waals surface area contributed by atoms with Gasteiger partial charge in [-0.2, -0.15) is 5.10 Å². The van der Waals surface area contributed by atoms with Gasteiger partial charge in [-0.1, -0.05) is 91.6 Å². The van der Waals surface area contributed by atoms with E-state index in [-0.39, 0.29) is 5.91 Å². The maximum absolute atomic E-state index is 13.3. The quantitative estimate of drug-likeness (QED) is 0.125. The molecule has 0 atom stereocenters. The Morgan fingerprint density at radius 3 is 2.38 bits per heavy atom. The van der Waals surface area contributed by atoms with Crippen LogP contribution in [0.5, 0.6) is 0 Å². The zero-order valence-electron chi connectivity index (χ0n) is 20.5. The molecule has 7 heteroatoms. The second-order valence-corrected chi connectivity index (χ2v) is 11.5. The molecule has 0 radical (unpaired) electrons. The van der Waals surface area contributed by atoms with Crippen LogP contribution < -0.4 is 0 Å². The van der Waals surface area contributed by atoms with Gasteiger partial charge in [0.25, 0.3) is 5.91 Å². The molecule has 1 amide bonds. The van der Waals surface area contributed by atoms with Gasteiger partial charge in [0.05, 0.1) is 16.3 Å². The largest absolute Gasteiger partial charge is 0.293 e. The highest BCUT2D eigenvalue weighted by atomic mass is 32.2. The number of amides is 1. The molecule has 3 aromatic carbocycles. The van der Waals surface area contributed by atoms with Crippen LogP contribution in [0.4, 0.5) is 0 Å². The van der Waals surface area contributed by atoms with Crippen molar-refractivity contribution >= 4 is 52.0 Å². The molecule has 0 N–H and O–H groups in total. The molecule has 1 saturated heterocycles. The van der Waals surface area contributed by atoms with Gasteiger partial charge in [0.2, 0.25) is 0 Å². The van der Waals surface area contributed by atoms with Crippen molar-refractivity contribution in [3.63, 3.8) is 0 Å². The number of hydrogen-bond donors (Lipinski definition) is 0. The molecule has 5 rings (SSSR count). The monoisotopic (exact) mass is 541 g/mol. The summed E-state index contributed by atoms with van der Waals surface area (Å²) in [6.07, 6.45) is 5.83. The van der Waals surface area contributed by atoms with Crippen LogP contribution in [-0.4, -0.2) is 37.2 Å². The number of para-hydroxylation sites is 1. The molecule has 1 aromatic heterocycles. The fourth-order valence-corrected chi connectivity index (χ4v) is 6.15. The van der Waals surface area contributed by atoms with Gasteiger partial charge in [0, 0.05) is 28.8 Å². The average molecular weight is 542 g/mol. The lowest BCUT2D eigenvalue weighted by atomic mass is 10.1. The molecule has 2 heterocycles. The van der Waals surface area contributed by atoms with E-state index >= 15 is 0 Å². The zero-order chi connectivity index (χ0) is 25.6. The third-order valence-corrected chi connectivity index (χ3v) is 8.59. The summed E-state index contributed by atoms with van der Waals surface area (Å²) >= 11 is 8.80. The van der Waals surface area contributed by atoms with E-state index in [4.69, 9.17) is 17.3 Å². The maximum Gasteiger partial charge on any atom is 0.266 e. The average Bonchev–Trinajstić information content (AvgIpc) is 3.48. The van der Waals surface area contributed by atoms with Crippen LogP contribution in [0, 0.1) is 0 Å². The Bertz CT molecular complexity index is 1410. The van der Waals surface area contributed by atoms with Gasteiger partial charge in [0.1, 0.15) is 4.32 Å². The van der Waals surface area contributed by atoms with Crippen LogP contribution in [0.2, 0.25) is 0 Å². The molecular weight excluding hydrogens is 515 g/mol. The summed E-state index contributed by atoms with van der Waals surface area (Å²) in [6, 6.07) is 28.7. The zero-order valence-corrected chi connectivity index (χ0v) is 23.0. The number of carbonyl (C=O) groups is 1. The maximum atomic E-state index is 13.3. The number of hydrogen-bond acceptors (Lipinski definition) is 5. The first-order valence-corrected chi connectivity index (χ1v) is 14.5. The Balaban J connectivity index is 1.44. The Morgan fingerprint density at radius 1 is 0.973 bits per heavy atom. The van der Waals surface area contributed by atoms with Gasteiger partial charge in [-0.15, -0.1) is 11.8 Å². The molecule has 0 spiro atoms. The van der Waals surface area contributed by atoms with Crippen molar-refractivity contribution in [2.75, 3.05) is 12.3 Å². The molecular formula is C30H27N3OS3. The van der Waals surface area contributed by atoms with E-state index in [0.29, 0.717) is 15.8 Å². The molecule has 1 aliphatic heterocycles. The molecule has 37 heavy (non-hydrogen) atoms. The van der Waals surface area contributed by atoms with Crippen molar-refractivity contribution < 1.29 is 4.79 Å². The van der Waals surface area contributed by atoms with Crippen molar-refractivity contribution in [2.45, 2.75) is 24.7 Å². The second kappa shape index (κ2) is 11.9. The fourth-order valence-electron chi connectivity index (χ4n) is 4.08. The van der Waals surface area contributed by atoms with E-state index in [9.17, 15) is 4.79 Å². The summed E-state index contributed by atoms with van der Waals surface area (Å²) in [5, 5.41) is 4.92. The third kappa shape index (κ3) is 6.06. The minimum absolute atomic E-state index is 0.0457. The van der Waals surface area contributed by atoms with E-state index in [1.54, 1.807) is 4.90 Å². The van der Waals surface area contributed by atoms with Gasteiger partial charge in [-0.3, -0.25) is 9.69 Å². The van der Waals surface area contributed by atoms with Gasteiger partial charge < -0.3 is 0 Å². The van der Waals surface area contributed by atoms with E-state index in [0.717, 1.165) is 41.1 Å². The first-order valence-electron chi connectivity index (χ1n) is 12.3. The first kappa shape index (κ1) is 25.5. The molecule has 1 aliphatic rings. The minimum atomic E-state index is -0.0457. The predicted molar refractivity (Wildman–Crippen MR) is 160 cm³/mol. The summed E-state index contributed by atoms with van der Waals surface area (Å²) < 4.78 is 2.47. The number of thioether (sulfide) groups is 2. The summed E-state index contributed by atoms with van der Waals surface area (Å²) in [6.45, 7) is 2.76. The minimum Gasteiger partial charge on any atom is -0.293 e. The summed E-state index contributed by atoms with van der Waals surface area (Å²) in [5.41, 5.74) is 4.90. The summed E-state index contributed by atoms with van der Waals surface area (Å²) in [4.78, 5) is 16.9. The summed E-state index contributed by atoms with van der Waals surface area (Å²) in [7, 11) is 0. The van der Waals surface area contributed by atoms with Gasteiger partial charge in [-0.25, -0.2) is 4.68 Å². The number of carbonyl (C=O) groups excluding carboxylic acids is 1. The van der Waals surface area contributed by atoms with Crippen molar-refractivity contribution in [3.8, 4) is 16.9 Å². The van der Waals surface area contributed by atoms with Crippen molar-refractivity contribution in [3.05, 3.63) is 107 Å². The second-order valence-electron chi connectivity index (χ2n) is 8.65. The lowest BCUT2D eigenvalue weighted by molar-refractivity contribution is -0.122. The van der Waals surface area contributed by atoms with Gasteiger partial charge in [0.15, 0.2) is 0 Å². The molecule has 0 bridgehead atoms. The standard InChI is InChI=1S/C30H27N3OS3/c1-2-19-36-26-15-13-23(14-16-26)28-24(21-33(31-28)25-11-7-4-8-12-25)20-27-29(34)32(30(35)37-27)18-17-22-9-5-3-6-10-22/h3-16,20-21H,2,17-19H2,1H3. The van der Waals surface area contributed by atoms with E-state index < -0.39 is 0 Å². The Morgan fingerprint density at radius 2 is 1.68 bits per heavy atom. The summed E-state index contributed by atoms with van der Waals surface area (Å²) in [5.74, 6) is 1.05. The van der Waals surface area contributed by atoms with Crippen molar-refractivity contribution in [1.82, 2.24) is 14.7 Å². The number of benzene rings is 3. The molecule has 0 unspecified atom stereocenters. The van der Waals surface area contributed by atoms with Crippen LogP contribution in [0.25, 0.3) is 23.0 Å². The molecule has 4 aromatic rings. The van der Waals surface area contributed by atoms with Crippen LogP contribution >= 0.6 is 35.7 Å². The first-order chi connectivity index (χ1) is 18.1. The highest BCUT2D eigenvalue weighted by Crippen LogP contribution is 2.35. The molecule has 0 aliphatic carbocycles. The number of nitrogens with zero attached hydrogens (tertiary/aromatic N) is 3. The van der Waals surface area contributed by atoms with E-state index in [1.165, 1.54) is 22.2 Å². The predicted octanol–water partition coefficient (Wildman–Crippen LogP) is 7.49. The number of thiocarbonyl (C=S) groups is 1. The SMILES string of the molecule is CCCSc1ccc(-c2nn(-c3ccccc3)cc2C=C2SC(=S)N(CCc3ccccc3)C2=O)cc1. The Kier molecular flexibility index (Phi) is 8.24. The van der Waals surface area contributed by atoms with Gasteiger partial charge >= 0.3 is 0 Å². The third-order valence-electron chi connectivity index (χ3n) is 5.99.